The van der Waals surface area contributed by atoms with Gasteiger partial charge >= 0.3 is 0 Å². The summed E-state index contributed by atoms with van der Waals surface area (Å²) in [6.07, 6.45) is 1.58. The molecule has 132 valence electrons. The largest absolute Gasteiger partial charge is 0.372 e. The summed E-state index contributed by atoms with van der Waals surface area (Å²) in [5.41, 5.74) is 1.22. The van der Waals surface area contributed by atoms with Crippen LogP contribution in [0.4, 0.5) is 8.78 Å². The first-order valence-corrected chi connectivity index (χ1v) is 8.92. The van der Waals surface area contributed by atoms with Crippen molar-refractivity contribution in [3.05, 3.63) is 69.7 Å². The highest BCUT2D eigenvalue weighted by Gasteiger charge is 2.25. The zero-order valence-corrected chi connectivity index (χ0v) is 15.1. The van der Waals surface area contributed by atoms with E-state index in [0.717, 1.165) is 29.4 Å². The number of carbonyl (C=O) groups is 1. The molecule has 6 heteroatoms. The van der Waals surface area contributed by atoms with Crippen LogP contribution in [0.15, 0.2) is 46.9 Å². The smallest absolute Gasteiger partial charge is 0.253 e. The van der Waals surface area contributed by atoms with Crippen LogP contribution in [0.5, 0.6) is 0 Å². The summed E-state index contributed by atoms with van der Waals surface area (Å²) >= 11 is 3.36. The van der Waals surface area contributed by atoms with Gasteiger partial charge in [0, 0.05) is 23.1 Å². The Morgan fingerprint density at radius 2 is 1.92 bits per heavy atom. The first-order chi connectivity index (χ1) is 12.0. The first kappa shape index (κ1) is 18.0. The van der Waals surface area contributed by atoms with E-state index in [-0.39, 0.29) is 18.6 Å². The molecule has 1 saturated heterocycles. The van der Waals surface area contributed by atoms with Crippen molar-refractivity contribution in [2.75, 3.05) is 13.1 Å². The average molecular weight is 410 g/mol. The summed E-state index contributed by atoms with van der Waals surface area (Å²) in [5, 5.41) is 0. The first-order valence-electron chi connectivity index (χ1n) is 8.13. The van der Waals surface area contributed by atoms with Crippen LogP contribution in [0, 0.1) is 11.6 Å². The maximum Gasteiger partial charge on any atom is 0.253 e. The van der Waals surface area contributed by atoms with E-state index in [4.69, 9.17) is 4.74 Å². The number of likely N-dealkylation sites (tertiary alicyclic amines) is 1. The Morgan fingerprint density at radius 3 is 2.64 bits per heavy atom. The van der Waals surface area contributed by atoms with Gasteiger partial charge in [-0.05, 0) is 54.8 Å². The van der Waals surface area contributed by atoms with Crippen molar-refractivity contribution in [2.45, 2.75) is 25.6 Å². The number of amides is 1. The van der Waals surface area contributed by atoms with Crippen LogP contribution in [0.25, 0.3) is 0 Å². The SMILES string of the molecule is O=C(c1ccc(Br)cc1)N1CCC[C@@H](OCc2ccc(F)c(F)c2)C1. The predicted octanol–water partition coefficient (Wildman–Crippen LogP) is 4.55. The molecule has 0 spiro atoms. The van der Waals surface area contributed by atoms with Gasteiger partial charge in [-0.15, -0.1) is 0 Å². The Labute approximate surface area is 153 Å². The maximum atomic E-state index is 13.2. The van der Waals surface area contributed by atoms with Crippen LogP contribution in [0.3, 0.4) is 0 Å². The van der Waals surface area contributed by atoms with E-state index < -0.39 is 11.6 Å². The van der Waals surface area contributed by atoms with Crippen LogP contribution >= 0.6 is 15.9 Å². The van der Waals surface area contributed by atoms with Crippen LogP contribution in [0.1, 0.15) is 28.8 Å². The zero-order valence-electron chi connectivity index (χ0n) is 13.6. The second-order valence-electron chi connectivity index (χ2n) is 6.08. The maximum absolute atomic E-state index is 13.2. The number of nitrogens with zero attached hydrogens (tertiary/aromatic N) is 1. The van der Waals surface area contributed by atoms with Gasteiger partial charge in [-0.3, -0.25) is 4.79 Å². The standard InChI is InChI=1S/C19H18BrF2NO2/c20-15-6-4-14(5-7-15)19(24)23-9-1-2-16(11-23)25-12-13-3-8-17(21)18(22)10-13/h3-8,10,16H,1-2,9,11-12H2/t16-/m1/s1. The van der Waals surface area contributed by atoms with Crippen molar-refractivity contribution in [1.29, 1.82) is 0 Å². The highest BCUT2D eigenvalue weighted by atomic mass is 79.9. The van der Waals surface area contributed by atoms with E-state index >= 15 is 0 Å². The monoisotopic (exact) mass is 409 g/mol. The topological polar surface area (TPSA) is 29.5 Å². The molecular formula is C19H18BrF2NO2. The molecule has 1 atom stereocenters. The molecule has 0 saturated carbocycles. The highest BCUT2D eigenvalue weighted by molar-refractivity contribution is 9.10. The average Bonchev–Trinajstić information content (AvgIpc) is 2.63. The molecule has 0 aromatic heterocycles. The summed E-state index contributed by atoms with van der Waals surface area (Å²) in [6, 6.07) is 11.0. The number of hydrogen-bond donors (Lipinski definition) is 0. The molecule has 3 nitrogen and oxygen atoms in total. The third kappa shape index (κ3) is 4.64. The van der Waals surface area contributed by atoms with E-state index in [1.165, 1.54) is 6.07 Å². The van der Waals surface area contributed by atoms with E-state index in [2.05, 4.69) is 15.9 Å². The molecule has 3 rings (SSSR count). The molecule has 1 aliphatic heterocycles. The van der Waals surface area contributed by atoms with Gasteiger partial charge in [-0.25, -0.2) is 8.78 Å². The second-order valence-corrected chi connectivity index (χ2v) is 7.00. The number of carbonyl (C=O) groups excluding carboxylic acids is 1. The van der Waals surface area contributed by atoms with Gasteiger partial charge < -0.3 is 9.64 Å². The van der Waals surface area contributed by atoms with Gasteiger partial charge in [0.2, 0.25) is 0 Å². The summed E-state index contributed by atoms with van der Waals surface area (Å²) < 4.78 is 32.9. The molecule has 2 aromatic carbocycles. The Morgan fingerprint density at radius 1 is 1.16 bits per heavy atom. The lowest BCUT2D eigenvalue weighted by Gasteiger charge is -2.32. The number of hydrogen-bond acceptors (Lipinski definition) is 2. The van der Waals surface area contributed by atoms with Gasteiger partial charge in [-0.1, -0.05) is 22.0 Å². The van der Waals surface area contributed by atoms with Gasteiger partial charge in [0.1, 0.15) is 0 Å². The number of rotatable bonds is 4. The molecule has 0 bridgehead atoms. The Bertz CT molecular complexity index is 752. The van der Waals surface area contributed by atoms with Gasteiger partial charge in [0.25, 0.3) is 5.91 Å². The lowest BCUT2D eigenvalue weighted by atomic mass is 10.1. The minimum absolute atomic E-state index is 0.0198. The second kappa shape index (κ2) is 8.06. The molecule has 0 radical (unpaired) electrons. The zero-order chi connectivity index (χ0) is 17.8. The fourth-order valence-corrected chi connectivity index (χ4v) is 3.14. The van der Waals surface area contributed by atoms with Crippen molar-refractivity contribution >= 4 is 21.8 Å². The minimum atomic E-state index is -0.878. The van der Waals surface area contributed by atoms with Gasteiger partial charge in [0.05, 0.1) is 12.7 Å². The van der Waals surface area contributed by atoms with Crippen molar-refractivity contribution in [3.8, 4) is 0 Å². The summed E-state index contributed by atoms with van der Waals surface area (Å²) in [4.78, 5) is 14.4. The van der Waals surface area contributed by atoms with E-state index in [9.17, 15) is 13.6 Å². The summed E-state index contributed by atoms with van der Waals surface area (Å²) in [6.45, 7) is 1.39. The predicted molar refractivity (Wildman–Crippen MR) is 94.2 cm³/mol. The van der Waals surface area contributed by atoms with Crippen molar-refractivity contribution in [2.24, 2.45) is 0 Å². The third-order valence-electron chi connectivity index (χ3n) is 4.23. The molecule has 0 aliphatic carbocycles. The van der Waals surface area contributed by atoms with Gasteiger partial charge in [0.15, 0.2) is 11.6 Å². The molecule has 1 heterocycles. The summed E-state index contributed by atoms with van der Waals surface area (Å²) in [5.74, 6) is -1.77. The van der Waals surface area contributed by atoms with Crippen molar-refractivity contribution < 1.29 is 18.3 Å². The molecule has 1 amide bonds. The minimum Gasteiger partial charge on any atom is -0.372 e. The lowest BCUT2D eigenvalue weighted by molar-refractivity contribution is -0.00682. The fourth-order valence-electron chi connectivity index (χ4n) is 2.88. The molecule has 25 heavy (non-hydrogen) atoms. The van der Waals surface area contributed by atoms with E-state index in [0.29, 0.717) is 24.2 Å². The summed E-state index contributed by atoms with van der Waals surface area (Å²) in [7, 11) is 0. The van der Waals surface area contributed by atoms with Crippen LogP contribution in [-0.4, -0.2) is 30.0 Å². The molecule has 1 fully saturated rings. The Hall–Kier alpha value is -1.79. The van der Waals surface area contributed by atoms with E-state index in [1.54, 1.807) is 17.0 Å². The lowest BCUT2D eigenvalue weighted by Crippen LogP contribution is -2.43. The van der Waals surface area contributed by atoms with Gasteiger partial charge in [-0.2, -0.15) is 0 Å². The van der Waals surface area contributed by atoms with E-state index in [1.807, 2.05) is 12.1 Å². The molecular weight excluding hydrogens is 392 g/mol. The number of halogens is 3. The van der Waals surface area contributed by atoms with Crippen molar-refractivity contribution in [1.82, 2.24) is 4.90 Å². The third-order valence-corrected chi connectivity index (χ3v) is 4.75. The normalized spacial score (nSPS) is 17.6. The fraction of sp³-hybridized carbons (Fsp3) is 0.316. The quantitative estimate of drug-likeness (QED) is 0.741. The number of ether oxygens (including phenoxy) is 1. The number of benzene rings is 2. The van der Waals surface area contributed by atoms with Crippen LogP contribution < -0.4 is 0 Å². The van der Waals surface area contributed by atoms with Crippen molar-refractivity contribution in [3.63, 3.8) is 0 Å². The molecule has 0 N–H and O–H groups in total. The molecule has 1 aliphatic rings. The number of piperidine rings is 1. The Kier molecular flexibility index (Phi) is 5.81. The van der Waals surface area contributed by atoms with Crippen LogP contribution in [-0.2, 0) is 11.3 Å². The Balaban J connectivity index is 1.58. The van der Waals surface area contributed by atoms with Crippen LogP contribution in [0.2, 0.25) is 0 Å². The highest BCUT2D eigenvalue weighted by Crippen LogP contribution is 2.19. The molecule has 2 aromatic rings. The molecule has 0 unspecified atom stereocenters.